The molecule has 2 aliphatic carbocycles. The molecule has 1 heterocycles. The molecule has 6 N–H and O–H groups in total. The predicted molar refractivity (Wildman–Crippen MR) is 278 cm³/mol. The van der Waals surface area contributed by atoms with Crippen LogP contribution in [0.5, 0.6) is 5.75 Å². The van der Waals surface area contributed by atoms with Gasteiger partial charge in [-0.3, -0.25) is 4.55 Å². The maximum atomic E-state index is 12.8. The molecule has 0 bridgehead atoms. The van der Waals surface area contributed by atoms with Gasteiger partial charge in [-0.15, -0.1) is 0 Å². The Hall–Kier alpha value is -5.25. The molecule has 0 amide bonds. The van der Waals surface area contributed by atoms with E-state index in [0.717, 1.165) is 11.4 Å². The zero-order valence-corrected chi connectivity index (χ0v) is 41.6. The number of methoxy groups -OCH3 is 1. The molecule has 14 heteroatoms. The van der Waals surface area contributed by atoms with Gasteiger partial charge in [-0.2, -0.15) is 13.0 Å². The fraction of sp³-hybridized carbons (Fsp3) is 0.426. The fourth-order valence-corrected chi connectivity index (χ4v) is 10.8. The molecule has 2 unspecified atom stereocenters. The van der Waals surface area contributed by atoms with Crippen molar-refractivity contribution >= 4 is 60.1 Å². The number of fused-ring (bicyclic) bond motifs is 4. The quantitative estimate of drug-likeness (QED) is 0.0256. The smallest absolute Gasteiger partial charge is 0.296 e. The molecular formula is C54H71N5O7S2. The van der Waals surface area contributed by atoms with Gasteiger partial charge in [-0.05, 0) is 54.8 Å². The van der Waals surface area contributed by atoms with Gasteiger partial charge < -0.3 is 31.0 Å². The normalized spacial score (nSPS) is 16.5. The minimum atomic E-state index is -4.87. The molecule has 12 nitrogen and oxygen atoms in total. The van der Waals surface area contributed by atoms with E-state index in [1.165, 1.54) is 122 Å². The third kappa shape index (κ3) is 14.2. The molecule has 0 saturated heterocycles. The van der Waals surface area contributed by atoms with Crippen LogP contribution in [0.1, 0.15) is 123 Å². The van der Waals surface area contributed by atoms with Crippen LogP contribution in [0.25, 0.3) is 0 Å². The van der Waals surface area contributed by atoms with Crippen molar-refractivity contribution in [3.05, 3.63) is 131 Å². The first-order valence-electron chi connectivity index (χ1n) is 24.5. The zero-order valence-electron chi connectivity index (χ0n) is 40.0. The van der Waals surface area contributed by atoms with Crippen LogP contribution in [0.4, 0.5) is 34.1 Å². The maximum absolute atomic E-state index is 12.8. The Bertz CT molecular complexity index is 2610. The number of ether oxygens (including phenoxy) is 1. The third-order valence-electron chi connectivity index (χ3n) is 12.9. The fourth-order valence-electron chi connectivity index (χ4n) is 9.40. The number of allylic oxidation sites excluding steroid dienone is 4. The number of nitrogens with two attached hydrogens (primary N) is 1. The molecule has 0 aromatic heterocycles. The monoisotopic (exact) mass is 965 g/mol. The van der Waals surface area contributed by atoms with E-state index < -0.39 is 32.2 Å². The predicted octanol–water partition coefficient (Wildman–Crippen LogP) is 12.7. The van der Waals surface area contributed by atoms with E-state index in [4.69, 9.17) is 10.5 Å². The molecule has 3 aliphatic rings. The lowest BCUT2D eigenvalue weighted by atomic mass is 9.76. The first kappa shape index (κ1) is 52.1. The number of benzene rings is 4. The number of hydrogen-bond donors (Lipinski definition) is 5. The van der Waals surface area contributed by atoms with Gasteiger partial charge >= 0.3 is 0 Å². The molecule has 2 atom stereocenters. The number of hydrogen-bond acceptors (Lipinski definition) is 10. The molecule has 7 rings (SSSR count). The van der Waals surface area contributed by atoms with Crippen molar-refractivity contribution in [1.29, 1.82) is 0 Å². The van der Waals surface area contributed by atoms with E-state index in [9.17, 15) is 25.9 Å². The second kappa shape index (κ2) is 25.4. The first-order valence-corrected chi connectivity index (χ1v) is 27.4. The molecule has 4 aromatic rings. The summed E-state index contributed by atoms with van der Waals surface area (Å²) in [5.74, 6) is -0.171. The van der Waals surface area contributed by atoms with Gasteiger partial charge in [0.1, 0.15) is 32.5 Å². The molecule has 1 aliphatic heterocycles. The van der Waals surface area contributed by atoms with E-state index >= 15 is 0 Å². The Balaban J connectivity index is 0.000000323. The number of nitrogens with zero attached hydrogens (tertiary/aromatic N) is 1. The van der Waals surface area contributed by atoms with Gasteiger partial charge in [0.25, 0.3) is 10.1 Å². The number of anilines is 4. The summed E-state index contributed by atoms with van der Waals surface area (Å²) in [4.78, 5) is -0.711. The van der Waals surface area contributed by atoms with Crippen LogP contribution in [-0.2, 0) is 20.2 Å². The van der Waals surface area contributed by atoms with Crippen molar-refractivity contribution in [2.75, 3.05) is 23.1 Å². The third-order valence-corrected chi connectivity index (χ3v) is 14.7. The number of para-hydroxylation sites is 4. The van der Waals surface area contributed by atoms with E-state index in [2.05, 4.69) is 29.8 Å². The minimum Gasteiger partial charge on any atom is -0.744 e. The highest BCUT2D eigenvalue weighted by Crippen LogP contribution is 2.47. The SMILES string of the molecule is CCCCCCCCCC(N)CCCCCCCCC.COc1ccccc1Nc1cc2c(cc1S(=O)(=O)O)NC1C(=[N+]2c2ccccc2)CC(Nc2ccccc2)=C2C(S(=O)(=O)[O-])=CC=CC21. The van der Waals surface area contributed by atoms with Gasteiger partial charge in [0.15, 0.2) is 5.71 Å². The molecule has 4 aromatic carbocycles. The molecule has 0 fully saturated rings. The van der Waals surface area contributed by atoms with Crippen molar-refractivity contribution in [2.45, 2.75) is 140 Å². The van der Waals surface area contributed by atoms with Crippen LogP contribution in [-0.4, -0.2) is 50.8 Å². The summed E-state index contributed by atoms with van der Waals surface area (Å²) in [6, 6.07) is 28.6. The summed E-state index contributed by atoms with van der Waals surface area (Å²) in [5.41, 5.74) is 10.9. The Morgan fingerprint density at radius 2 is 1.34 bits per heavy atom. The topological polar surface area (TPSA) is 186 Å². The zero-order chi connectivity index (χ0) is 48.5. The molecule has 0 spiro atoms. The standard InChI is InChI=1S/C35H30N4O7S2.C19H41N/c1-46-31-17-9-8-16-25(31)37-27-19-29-26(21-33(27)48(43,44)45)38-35-24-15-10-18-32(47(40,41)42)34(24)28(36-22-11-4-2-5-12-22)20-30(35)39(29)23-13-6-3-7-14-23;1-3-5-7-9-11-13-15-17-19(20)18-16-14-12-10-8-6-4-2/h2-19,21,24,35-38H,20H2,1H3,(H-,40,41,42,43,44,45);19H,3-18,20H2,1-2H3. The van der Waals surface area contributed by atoms with Gasteiger partial charge in [-0.25, -0.2) is 8.42 Å². The van der Waals surface area contributed by atoms with E-state index in [0.29, 0.717) is 45.8 Å². The molecule has 0 radical (unpaired) electrons. The average Bonchev–Trinajstić information content (AvgIpc) is 3.33. The lowest BCUT2D eigenvalue weighted by Gasteiger charge is -2.39. The second-order valence-electron chi connectivity index (χ2n) is 18.0. The maximum Gasteiger partial charge on any atom is 0.296 e. The summed E-state index contributed by atoms with van der Waals surface area (Å²) in [7, 11) is -8.12. The Labute approximate surface area is 405 Å². The van der Waals surface area contributed by atoms with Crippen LogP contribution in [0, 0.1) is 5.92 Å². The largest absolute Gasteiger partial charge is 0.744 e. The van der Waals surface area contributed by atoms with Crippen LogP contribution < -0.4 is 31.0 Å². The number of rotatable bonds is 24. The molecule has 68 heavy (non-hydrogen) atoms. The summed E-state index contributed by atoms with van der Waals surface area (Å²) in [6.07, 6.45) is 27.0. The molecule has 366 valence electrons. The van der Waals surface area contributed by atoms with Gasteiger partial charge in [0, 0.05) is 41.5 Å². The number of unbranched alkanes of at least 4 members (excludes halogenated alkanes) is 12. The number of nitrogens with one attached hydrogen (secondary N) is 3. The lowest BCUT2D eigenvalue weighted by Crippen LogP contribution is -2.49. The van der Waals surface area contributed by atoms with Crippen LogP contribution >= 0.6 is 0 Å². The van der Waals surface area contributed by atoms with Crippen molar-refractivity contribution < 1.29 is 30.7 Å². The van der Waals surface area contributed by atoms with Crippen molar-refractivity contribution in [3.8, 4) is 5.75 Å². The highest BCUT2D eigenvalue weighted by Gasteiger charge is 2.47. The minimum absolute atomic E-state index is 0.109. The average molecular weight is 966 g/mol. The highest BCUT2D eigenvalue weighted by atomic mass is 32.2. The summed E-state index contributed by atoms with van der Waals surface area (Å²) in [6.45, 7) is 4.56. The summed E-state index contributed by atoms with van der Waals surface area (Å²) in [5, 5.41) is 9.95. The summed E-state index contributed by atoms with van der Waals surface area (Å²) >= 11 is 0. The van der Waals surface area contributed by atoms with E-state index in [-0.39, 0.29) is 21.9 Å². The highest BCUT2D eigenvalue weighted by molar-refractivity contribution is 7.90. The molecular weight excluding hydrogens is 895 g/mol. The molecule has 0 saturated carbocycles. The Morgan fingerprint density at radius 1 is 0.765 bits per heavy atom. The van der Waals surface area contributed by atoms with Gasteiger partial charge in [-0.1, -0.05) is 164 Å². The van der Waals surface area contributed by atoms with E-state index in [1.807, 2.05) is 71.3 Å². The van der Waals surface area contributed by atoms with Crippen molar-refractivity contribution in [2.24, 2.45) is 11.7 Å². The van der Waals surface area contributed by atoms with Crippen molar-refractivity contribution in [1.82, 2.24) is 4.58 Å². The Kier molecular flexibility index (Phi) is 19.5. The van der Waals surface area contributed by atoms with Gasteiger partial charge in [0.05, 0.1) is 29.8 Å². The van der Waals surface area contributed by atoms with Gasteiger partial charge in [0.2, 0.25) is 11.4 Å². The van der Waals surface area contributed by atoms with E-state index in [1.54, 1.807) is 36.4 Å². The summed E-state index contributed by atoms with van der Waals surface area (Å²) < 4.78 is 81.3. The second-order valence-corrected chi connectivity index (χ2v) is 20.7. The lowest BCUT2D eigenvalue weighted by molar-refractivity contribution is 0.417. The van der Waals surface area contributed by atoms with Crippen LogP contribution in [0.2, 0.25) is 0 Å². The van der Waals surface area contributed by atoms with Crippen molar-refractivity contribution in [3.63, 3.8) is 0 Å². The Morgan fingerprint density at radius 3 is 1.93 bits per heavy atom. The first-order chi connectivity index (χ1) is 32.8. The van der Waals surface area contributed by atoms with Crippen LogP contribution in [0.15, 0.2) is 136 Å². The van der Waals surface area contributed by atoms with Crippen LogP contribution in [0.3, 0.4) is 0 Å².